The third-order valence-corrected chi connectivity index (χ3v) is 4.12. The number of nitrogens with one attached hydrogen (secondary N) is 1. The van der Waals surface area contributed by atoms with E-state index in [1.165, 1.54) is 0 Å². The van der Waals surface area contributed by atoms with Crippen molar-refractivity contribution in [3.8, 4) is 0 Å². The Kier molecular flexibility index (Phi) is 4.91. The molecular weight excluding hydrogens is 312 g/mol. The molecule has 130 valence electrons. The van der Waals surface area contributed by atoms with Gasteiger partial charge in [-0.05, 0) is 20.8 Å². The zero-order chi connectivity index (χ0) is 17.1. The van der Waals surface area contributed by atoms with E-state index in [4.69, 9.17) is 9.05 Å². The molecule has 9 heteroatoms. The van der Waals surface area contributed by atoms with Gasteiger partial charge in [0.2, 0.25) is 11.8 Å². The van der Waals surface area contributed by atoms with Crippen LogP contribution in [-0.4, -0.2) is 63.7 Å². The summed E-state index contributed by atoms with van der Waals surface area (Å²) in [6.45, 7) is 9.31. The molecule has 3 heterocycles. The molecule has 3 rings (SSSR count). The summed E-state index contributed by atoms with van der Waals surface area (Å²) in [5.41, 5.74) is 0. The highest BCUT2D eigenvalue weighted by Crippen LogP contribution is 2.19. The number of hydrogen-bond donors (Lipinski definition) is 1. The Balaban J connectivity index is 1.45. The molecular formula is C15H22N6O3. The fourth-order valence-electron chi connectivity index (χ4n) is 2.76. The van der Waals surface area contributed by atoms with Gasteiger partial charge in [-0.3, -0.25) is 14.6 Å². The number of carbonyl (C=O) groups excluding carboxylic acids is 1. The highest BCUT2D eigenvalue weighted by Gasteiger charge is 2.26. The van der Waals surface area contributed by atoms with Crippen LogP contribution in [0.1, 0.15) is 30.4 Å². The van der Waals surface area contributed by atoms with Crippen LogP contribution in [-0.2, 0) is 4.79 Å². The molecule has 24 heavy (non-hydrogen) atoms. The van der Waals surface area contributed by atoms with Crippen molar-refractivity contribution >= 4 is 11.7 Å². The minimum Gasteiger partial charge on any atom is -0.360 e. The predicted octanol–water partition coefficient (Wildman–Crippen LogP) is 0.992. The van der Waals surface area contributed by atoms with Crippen molar-refractivity contribution in [1.29, 1.82) is 0 Å². The number of piperazine rings is 1. The number of aryl methyl sites for hydroxylation is 2. The Morgan fingerprint density at radius 1 is 1.25 bits per heavy atom. The Morgan fingerprint density at radius 2 is 2.00 bits per heavy atom. The molecule has 1 saturated heterocycles. The molecule has 2 aromatic rings. The summed E-state index contributed by atoms with van der Waals surface area (Å²) in [5.74, 6) is 2.33. The van der Waals surface area contributed by atoms with Gasteiger partial charge in [0.05, 0.1) is 12.6 Å². The van der Waals surface area contributed by atoms with E-state index in [1.807, 2.05) is 6.92 Å². The molecule has 0 aromatic carbocycles. The Morgan fingerprint density at radius 3 is 2.58 bits per heavy atom. The number of anilines is 1. The van der Waals surface area contributed by atoms with Crippen LogP contribution in [0.4, 0.5) is 5.82 Å². The minimum absolute atomic E-state index is 0.0836. The molecule has 0 saturated carbocycles. The lowest BCUT2D eigenvalue weighted by molar-refractivity contribution is -0.117. The van der Waals surface area contributed by atoms with E-state index in [-0.39, 0.29) is 11.9 Å². The van der Waals surface area contributed by atoms with Gasteiger partial charge in [0.15, 0.2) is 11.6 Å². The summed E-state index contributed by atoms with van der Waals surface area (Å²) in [6.07, 6.45) is 0. The first-order valence-corrected chi connectivity index (χ1v) is 8.01. The SMILES string of the molecule is Cc1noc([C@@H](C)N2CCN(CC(=O)Nc3cc(C)on3)CC2)n1. The predicted molar refractivity (Wildman–Crippen MR) is 85.3 cm³/mol. The van der Waals surface area contributed by atoms with E-state index in [9.17, 15) is 4.79 Å². The third-order valence-electron chi connectivity index (χ3n) is 4.12. The first-order chi connectivity index (χ1) is 11.5. The minimum atomic E-state index is -0.0858. The van der Waals surface area contributed by atoms with E-state index in [0.717, 1.165) is 26.2 Å². The maximum absolute atomic E-state index is 12.0. The fourth-order valence-corrected chi connectivity index (χ4v) is 2.76. The lowest BCUT2D eigenvalue weighted by Crippen LogP contribution is -2.49. The van der Waals surface area contributed by atoms with Crippen molar-refractivity contribution in [2.24, 2.45) is 0 Å². The fraction of sp³-hybridized carbons (Fsp3) is 0.600. The highest BCUT2D eigenvalue weighted by molar-refractivity contribution is 5.91. The molecule has 1 amide bonds. The number of aromatic nitrogens is 3. The van der Waals surface area contributed by atoms with Gasteiger partial charge in [-0.1, -0.05) is 10.3 Å². The normalized spacial score (nSPS) is 17.8. The topological polar surface area (TPSA) is 101 Å². The van der Waals surface area contributed by atoms with E-state index >= 15 is 0 Å². The smallest absolute Gasteiger partial charge is 0.243 e. The van der Waals surface area contributed by atoms with E-state index in [1.54, 1.807) is 13.0 Å². The second-order valence-corrected chi connectivity index (χ2v) is 6.04. The number of amides is 1. The molecule has 0 radical (unpaired) electrons. The lowest BCUT2D eigenvalue weighted by Gasteiger charge is -2.36. The van der Waals surface area contributed by atoms with Crippen molar-refractivity contribution in [2.45, 2.75) is 26.8 Å². The summed E-state index contributed by atoms with van der Waals surface area (Å²) in [4.78, 5) is 20.7. The van der Waals surface area contributed by atoms with Crippen molar-refractivity contribution in [1.82, 2.24) is 25.1 Å². The van der Waals surface area contributed by atoms with Crippen molar-refractivity contribution in [3.05, 3.63) is 23.5 Å². The van der Waals surface area contributed by atoms with Gasteiger partial charge in [0, 0.05) is 32.2 Å². The van der Waals surface area contributed by atoms with Crippen LogP contribution < -0.4 is 5.32 Å². The molecule has 1 fully saturated rings. The maximum Gasteiger partial charge on any atom is 0.243 e. The number of hydrogen-bond acceptors (Lipinski definition) is 8. The van der Waals surface area contributed by atoms with E-state index < -0.39 is 0 Å². The van der Waals surface area contributed by atoms with Crippen LogP contribution in [0, 0.1) is 13.8 Å². The van der Waals surface area contributed by atoms with Gasteiger partial charge >= 0.3 is 0 Å². The first-order valence-electron chi connectivity index (χ1n) is 8.01. The van der Waals surface area contributed by atoms with Crippen molar-refractivity contribution < 1.29 is 13.8 Å². The second-order valence-electron chi connectivity index (χ2n) is 6.04. The van der Waals surface area contributed by atoms with Gasteiger partial charge < -0.3 is 14.4 Å². The average molecular weight is 334 g/mol. The maximum atomic E-state index is 12.0. The number of rotatable bonds is 5. The Hall–Kier alpha value is -2.26. The lowest BCUT2D eigenvalue weighted by atomic mass is 10.2. The van der Waals surface area contributed by atoms with Gasteiger partial charge in [0.25, 0.3) is 0 Å². The molecule has 0 unspecified atom stereocenters. The van der Waals surface area contributed by atoms with Crippen LogP contribution in [0.25, 0.3) is 0 Å². The van der Waals surface area contributed by atoms with Crippen LogP contribution in [0.15, 0.2) is 15.1 Å². The van der Waals surface area contributed by atoms with Crippen LogP contribution >= 0.6 is 0 Å². The Bertz CT molecular complexity index is 689. The second kappa shape index (κ2) is 7.10. The number of nitrogens with zero attached hydrogens (tertiary/aromatic N) is 5. The zero-order valence-corrected chi connectivity index (χ0v) is 14.2. The average Bonchev–Trinajstić information content (AvgIpc) is 3.16. The standard InChI is InChI=1S/C15H22N6O3/c1-10-8-13(19-23-10)17-14(22)9-20-4-6-21(7-5-20)11(2)15-16-12(3)18-24-15/h8,11H,4-7,9H2,1-3H3,(H,17,19,22)/t11-/m1/s1. The molecule has 1 aliphatic rings. The molecule has 0 aliphatic carbocycles. The van der Waals surface area contributed by atoms with Crippen LogP contribution in [0.3, 0.4) is 0 Å². The summed E-state index contributed by atoms with van der Waals surface area (Å²) in [5, 5.41) is 10.3. The van der Waals surface area contributed by atoms with Gasteiger partial charge in [0.1, 0.15) is 5.76 Å². The molecule has 9 nitrogen and oxygen atoms in total. The molecule has 2 aromatic heterocycles. The zero-order valence-electron chi connectivity index (χ0n) is 14.2. The van der Waals surface area contributed by atoms with E-state index in [0.29, 0.717) is 29.8 Å². The third kappa shape index (κ3) is 3.98. The number of carbonyl (C=O) groups is 1. The van der Waals surface area contributed by atoms with Gasteiger partial charge in [-0.15, -0.1) is 0 Å². The summed E-state index contributed by atoms with van der Waals surface area (Å²) in [7, 11) is 0. The van der Waals surface area contributed by atoms with Crippen LogP contribution in [0.2, 0.25) is 0 Å². The van der Waals surface area contributed by atoms with Crippen LogP contribution in [0.5, 0.6) is 0 Å². The molecule has 1 atom stereocenters. The molecule has 0 spiro atoms. The van der Waals surface area contributed by atoms with Gasteiger partial charge in [-0.25, -0.2) is 0 Å². The first kappa shape index (κ1) is 16.6. The molecule has 1 aliphatic heterocycles. The monoisotopic (exact) mass is 334 g/mol. The summed E-state index contributed by atoms with van der Waals surface area (Å²) >= 11 is 0. The molecule has 0 bridgehead atoms. The van der Waals surface area contributed by atoms with Crippen molar-refractivity contribution in [2.75, 3.05) is 38.0 Å². The highest BCUT2D eigenvalue weighted by atomic mass is 16.5. The molecule has 1 N–H and O–H groups in total. The Labute approximate surface area is 140 Å². The van der Waals surface area contributed by atoms with Crippen molar-refractivity contribution in [3.63, 3.8) is 0 Å². The summed E-state index contributed by atoms with van der Waals surface area (Å²) in [6, 6.07) is 1.78. The van der Waals surface area contributed by atoms with Gasteiger partial charge in [-0.2, -0.15) is 4.98 Å². The van der Waals surface area contributed by atoms with E-state index in [2.05, 4.69) is 37.3 Å². The summed E-state index contributed by atoms with van der Waals surface area (Å²) < 4.78 is 10.2. The largest absolute Gasteiger partial charge is 0.360 e. The quantitative estimate of drug-likeness (QED) is 0.864.